The average Bonchev–Trinajstić information content (AvgIpc) is 2.63. The number of urea groups is 1. The molecule has 1 saturated heterocycles. The average molecular weight is 323 g/mol. The Bertz CT molecular complexity index is 678. The monoisotopic (exact) mass is 323 g/mol. The predicted molar refractivity (Wildman–Crippen MR) is 99.8 cm³/mol. The van der Waals surface area contributed by atoms with E-state index in [0.29, 0.717) is 6.54 Å². The molecule has 2 aromatic carbocycles. The van der Waals surface area contributed by atoms with Gasteiger partial charge in [0.05, 0.1) is 0 Å². The molecule has 0 atom stereocenters. The van der Waals surface area contributed by atoms with Crippen molar-refractivity contribution in [2.75, 3.05) is 42.5 Å². The van der Waals surface area contributed by atoms with Crippen molar-refractivity contribution in [1.29, 1.82) is 0 Å². The highest BCUT2D eigenvalue weighted by atomic mass is 16.2. The minimum absolute atomic E-state index is 0.104. The van der Waals surface area contributed by atoms with Crippen LogP contribution in [0, 0.1) is 6.92 Å². The van der Waals surface area contributed by atoms with E-state index < -0.39 is 0 Å². The first-order chi connectivity index (χ1) is 11.7. The summed E-state index contributed by atoms with van der Waals surface area (Å²) in [4.78, 5) is 19.0. The molecule has 24 heavy (non-hydrogen) atoms. The number of carbonyl (C=O) groups excluding carboxylic acids is 1. The molecule has 1 aliphatic rings. The molecule has 1 aliphatic heterocycles. The van der Waals surface area contributed by atoms with E-state index in [1.807, 2.05) is 47.1 Å². The van der Waals surface area contributed by atoms with E-state index in [-0.39, 0.29) is 6.03 Å². The normalized spacial score (nSPS) is 14.6. The van der Waals surface area contributed by atoms with Gasteiger partial charge in [0.25, 0.3) is 0 Å². The van der Waals surface area contributed by atoms with E-state index in [0.717, 1.165) is 31.9 Å². The van der Waals surface area contributed by atoms with Gasteiger partial charge in [-0.25, -0.2) is 4.79 Å². The van der Waals surface area contributed by atoms with Crippen LogP contribution < -0.4 is 9.80 Å². The van der Waals surface area contributed by atoms with Gasteiger partial charge >= 0.3 is 6.03 Å². The van der Waals surface area contributed by atoms with Gasteiger partial charge in [-0.2, -0.15) is 0 Å². The van der Waals surface area contributed by atoms with Crippen molar-refractivity contribution in [3.8, 4) is 0 Å². The first-order valence-electron chi connectivity index (χ1n) is 8.62. The molecule has 2 aromatic rings. The molecule has 0 unspecified atom stereocenters. The first kappa shape index (κ1) is 16.4. The second-order valence-electron chi connectivity index (χ2n) is 6.18. The maximum atomic E-state index is 12.9. The van der Waals surface area contributed by atoms with E-state index in [2.05, 4.69) is 36.1 Å². The highest BCUT2D eigenvalue weighted by Crippen LogP contribution is 2.20. The van der Waals surface area contributed by atoms with Gasteiger partial charge in [-0.05, 0) is 43.7 Å². The molecule has 0 saturated carbocycles. The van der Waals surface area contributed by atoms with Crippen LogP contribution >= 0.6 is 0 Å². The van der Waals surface area contributed by atoms with Crippen molar-refractivity contribution in [1.82, 2.24) is 4.90 Å². The van der Waals surface area contributed by atoms with Crippen LogP contribution in [0.2, 0.25) is 0 Å². The quantitative estimate of drug-likeness (QED) is 0.860. The fraction of sp³-hybridized carbons (Fsp3) is 0.350. The Balaban J connectivity index is 1.64. The summed E-state index contributed by atoms with van der Waals surface area (Å²) >= 11 is 0. The molecule has 0 N–H and O–H groups in total. The lowest BCUT2D eigenvalue weighted by Crippen LogP contribution is -2.53. The van der Waals surface area contributed by atoms with Gasteiger partial charge in [-0.3, -0.25) is 4.90 Å². The van der Waals surface area contributed by atoms with Gasteiger partial charge in [0, 0.05) is 44.1 Å². The second kappa shape index (κ2) is 7.39. The van der Waals surface area contributed by atoms with Crippen molar-refractivity contribution < 1.29 is 4.79 Å². The minimum Gasteiger partial charge on any atom is -0.368 e. The Labute approximate surface area is 144 Å². The fourth-order valence-corrected chi connectivity index (χ4v) is 3.19. The van der Waals surface area contributed by atoms with Crippen molar-refractivity contribution in [2.24, 2.45) is 0 Å². The topological polar surface area (TPSA) is 26.8 Å². The molecular formula is C20H25N3O. The molecule has 126 valence electrons. The molecular weight excluding hydrogens is 298 g/mol. The van der Waals surface area contributed by atoms with Crippen LogP contribution in [0.1, 0.15) is 12.5 Å². The molecule has 0 spiro atoms. The third kappa shape index (κ3) is 3.53. The minimum atomic E-state index is 0.104. The number of amides is 2. The van der Waals surface area contributed by atoms with Gasteiger partial charge < -0.3 is 9.80 Å². The van der Waals surface area contributed by atoms with E-state index in [1.165, 1.54) is 11.3 Å². The molecule has 0 radical (unpaired) electrons. The largest absolute Gasteiger partial charge is 0.368 e. The zero-order valence-electron chi connectivity index (χ0n) is 14.5. The summed E-state index contributed by atoms with van der Waals surface area (Å²) in [5, 5.41) is 0. The van der Waals surface area contributed by atoms with Gasteiger partial charge in [-0.15, -0.1) is 0 Å². The molecule has 4 heteroatoms. The Morgan fingerprint density at radius 1 is 1.00 bits per heavy atom. The highest BCUT2D eigenvalue weighted by Gasteiger charge is 2.25. The van der Waals surface area contributed by atoms with Gasteiger partial charge in [0.15, 0.2) is 0 Å². The van der Waals surface area contributed by atoms with Gasteiger partial charge in [-0.1, -0.05) is 30.3 Å². The van der Waals surface area contributed by atoms with Crippen molar-refractivity contribution in [3.05, 3.63) is 60.2 Å². The smallest absolute Gasteiger partial charge is 0.324 e. The number of rotatable bonds is 3. The van der Waals surface area contributed by atoms with Gasteiger partial charge in [0.1, 0.15) is 0 Å². The number of hydrogen-bond acceptors (Lipinski definition) is 2. The number of carbonyl (C=O) groups is 1. The van der Waals surface area contributed by atoms with Crippen LogP contribution in [0.4, 0.5) is 16.2 Å². The number of piperazine rings is 1. The summed E-state index contributed by atoms with van der Waals surface area (Å²) in [5.74, 6) is 0. The third-order valence-electron chi connectivity index (χ3n) is 4.53. The van der Waals surface area contributed by atoms with E-state index in [4.69, 9.17) is 0 Å². The molecule has 0 bridgehead atoms. The lowest BCUT2D eigenvalue weighted by Gasteiger charge is -2.38. The number of aryl methyl sites for hydroxylation is 1. The number of benzene rings is 2. The summed E-state index contributed by atoms with van der Waals surface area (Å²) in [6.07, 6.45) is 0. The first-order valence-corrected chi connectivity index (χ1v) is 8.62. The van der Waals surface area contributed by atoms with Crippen LogP contribution in [-0.2, 0) is 0 Å². The zero-order chi connectivity index (χ0) is 16.9. The van der Waals surface area contributed by atoms with Crippen LogP contribution in [0.5, 0.6) is 0 Å². The molecule has 1 fully saturated rings. The molecule has 0 aliphatic carbocycles. The van der Waals surface area contributed by atoms with Gasteiger partial charge in [0.2, 0.25) is 0 Å². The Morgan fingerprint density at radius 3 is 2.33 bits per heavy atom. The summed E-state index contributed by atoms with van der Waals surface area (Å²) < 4.78 is 0. The fourth-order valence-electron chi connectivity index (χ4n) is 3.19. The zero-order valence-corrected chi connectivity index (χ0v) is 14.5. The van der Waals surface area contributed by atoms with Crippen LogP contribution in [-0.4, -0.2) is 43.7 Å². The van der Waals surface area contributed by atoms with E-state index in [9.17, 15) is 4.79 Å². The third-order valence-corrected chi connectivity index (χ3v) is 4.53. The Hall–Kier alpha value is -2.49. The SMILES string of the molecule is CCN(C(=O)N1CCN(c2cccc(C)c2)CC1)c1ccccc1. The molecule has 3 rings (SSSR count). The number of para-hydroxylation sites is 1. The summed E-state index contributed by atoms with van der Waals surface area (Å²) in [5.41, 5.74) is 3.48. The number of hydrogen-bond donors (Lipinski definition) is 0. The van der Waals surface area contributed by atoms with E-state index in [1.54, 1.807) is 0 Å². The number of nitrogens with zero attached hydrogens (tertiary/aromatic N) is 3. The van der Waals surface area contributed by atoms with Crippen LogP contribution in [0.15, 0.2) is 54.6 Å². The summed E-state index contributed by atoms with van der Waals surface area (Å²) in [6.45, 7) is 8.09. The lowest BCUT2D eigenvalue weighted by atomic mass is 10.2. The Morgan fingerprint density at radius 2 is 1.71 bits per heavy atom. The number of anilines is 2. The lowest BCUT2D eigenvalue weighted by molar-refractivity contribution is 0.201. The summed E-state index contributed by atoms with van der Waals surface area (Å²) in [6, 6.07) is 18.6. The van der Waals surface area contributed by atoms with Crippen molar-refractivity contribution >= 4 is 17.4 Å². The second-order valence-corrected chi connectivity index (χ2v) is 6.18. The highest BCUT2D eigenvalue weighted by molar-refractivity contribution is 5.92. The Kier molecular flexibility index (Phi) is 5.04. The van der Waals surface area contributed by atoms with Crippen LogP contribution in [0.25, 0.3) is 0 Å². The summed E-state index contributed by atoms with van der Waals surface area (Å²) in [7, 11) is 0. The molecule has 2 amide bonds. The van der Waals surface area contributed by atoms with Crippen LogP contribution in [0.3, 0.4) is 0 Å². The molecule has 0 aromatic heterocycles. The molecule has 4 nitrogen and oxygen atoms in total. The van der Waals surface area contributed by atoms with Crippen molar-refractivity contribution in [2.45, 2.75) is 13.8 Å². The maximum absolute atomic E-state index is 12.9. The van der Waals surface area contributed by atoms with E-state index >= 15 is 0 Å². The molecule has 1 heterocycles. The predicted octanol–water partition coefficient (Wildman–Crippen LogP) is 3.76. The maximum Gasteiger partial charge on any atom is 0.324 e. The standard InChI is InChI=1S/C20H25N3O/c1-3-23(18-9-5-4-6-10-18)20(24)22-14-12-21(13-15-22)19-11-7-8-17(2)16-19/h4-11,16H,3,12-15H2,1-2H3. The van der Waals surface area contributed by atoms with Crippen molar-refractivity contribution in [3.63, 3.8) is 0 Å².